The molecule has 0 unspecified atom stereocenters. The lowest BCUT2D eigenvalue weighted by atomic mass is 10.2. The van der Waals surface area contributed by atoms with Gasteiger partial charge in [0.05, 0.1) is 6.20 Å². The molecule has 2 aromatic rings. The standard InChI is InChI=1S/C8H7N3O/c12-11-9-6-8(10-11)7-4-2-1-3-5-7/h1-6,12H. The first-order valence-electron chi connectivity index (χ1n) is 3.53. The number of rotatable bonds is 1. The maximum Gasteiger partial charge on any atom is 0.116 e. The van der Waals surface area contributed by atoms with E-state index < -0.39 is 0 Å². The zero-order valence-corrected chi connectivity index (χ0v) is 6.25. The van der Waals surface area contributed by atoms with Crippen LogP contribution in [0.25, 0.3) is 11.3 Å². The average molecular weight is 161 g/mol. The summed E-state index contributed by atoms with van der Waals surface area (Å²) in [6.45, 7) is 0. The van der Waals surface area contributed by atoms with Gasteiger partial charge in [-0.2, -0.15) is 0 Å². The largest absolute Gasteiger partial charge is 0.396 e. The Balaban J connectivity index is 2.45. The van der Waals surface area contributed by atoms with Crippen molar-refractivity contribution in [1.82, 2.24) is 15.2 Å². The van der Waals surface area contributed by atoms with E-state index in [1.165, 1.54) is 6.20 Å². The van der Waals surface area contributed by atoms with E-state index in [1.807, 2.05) is 30.3 Å². The van der Waals surface area contributed by atoms with Crippen LogP contribution in [0.4, 0.5) is 0 Å². The minimum absolute atomic E-state index is 0.558. The molecule has 0 radical (unpaired) electrons. The van der Waals surface area contributed by atoms with E-state index in [4.69, 9.17) is 5.21 Å². The van der Waals surface area contributed by atoms with Gasteiger partial charge in [-0.05, 0) is 4.96 Å². The first-order valence-corrected chi connectivity index (χ1v) is 3.53. The summed E-state index contributed by atoms with van der Waals surface area (Å²) >= 11 is 0. The molecule has 60 valence electrons. The normalized spacial score (nSPS) is 10.0. The maximum atomic E-state index is 8.81. The van der Waals surface area contributed by atoms with Crippen LogP contribution in [-0.2, 0) is 0 Å². The molecule has 0 saturated heterocycles. The SMILES string of the molecule is On1ncc(-c2ccccc2)n1. The molecule has 1 N–H and O–H groups in total. The summed E-state index contributed by atoms with van der Waals surface area (Å²) < 4.78 is 0. The summed E-state index contributed by atoms with van der Waals surface area (Å²) in [6.07, 6.45) is 1.51. The predicted octanol–water partition coefficient (Wildman–Crippen LogP) is 1.18. The molecule has 0 spiro atoms. The number of nitrogens with zero attached hydrogens (tertiary/aromatic N) is 3. The second-order valence-corrected chi connectivity index (χ2v) is 2.36. The van der Waals surface area contributed by atoms with Crippen molar-refractivity contribution in [3.05, 3.63) is 36.5 Å². The van der Waals surface area contributed by atoms with Gasteiger partial charge in [-0.1, -0.05) is 30.3 Å². The molecule has 12 heavy (non-hydrogen) atoms. The van der Waals surface area contributed by atoms with Crippen molar-refractivity contribution in [3.63, 3.8) is 0 Å². The van der Waals surface area contributed by atoms with Crippen LogP contribution < -0.4 is 0 Å². The Hall–Kier alpha value is -1.84. The third-order valence-electron chi connectivity index (χ3n) is 1.55. The van der Waals surface area contributed by atoms with Crippen LogP contribution in [0, 0.1) is 0 Å². The van der Waals surface area contributed by atoms with Crippen molar-refractivity contribution in [2.75, 3.05) is 0 Å². The smallest absolute Gasteiger partial charge is 0.116 e. The van der Waals surface area contributed by atoms with Crippen LogP contribution in [0.3, 0.4) is 0 Å². The number of hydrogen-bond donors (Lipinski definition) is 1. The number of benzene rings is 1. The third-order valence-corrected chi connectivity index (χ3v) is 1.55. The summed E-state index contributed by atoms with van der Waals surface area (Å²) in [7, 11) is 0. The second kappa shape index (κ2) is 2.65. The molecule has 4 nitrogen and oxygen atoms in total. The Labute approximate surface area is 69.0 Å². The van der Waals surface area contributed by atoms with Crippen LogP contribution in [0.2, 0.25) is 0 Å². The van der Waals surface area contributed by atoms with E-state index in [-0.39, 0.29) is 0 Å². The van der Waals surface area contributed by atoms with Gasteiger partial charge >= 0.3 is 0 Å². The van der Waals surface area contributed by atoms with Crippen molar-refractivity contribution in [2.45, 2.75) is 0 Å². The molecule has 0 aliphatic rings. The van der Waals surface area contributed by atoms with Gasteiger partial charge in [-0.25, -0.2) is 0 Å². The summed E-state index contributed by atoms with van der Waals surface area (Å²) in [5, 5.41) is 16.1. The van der Waals surface area contributed by atoms with E-state index in [1.54, 1.807) is 0 Å². The van der Waals surface area contributed by atoms with Gasteiger partial charge in [-0.15, -0.1) is 10.2 Å². The Kier molecular flexibility index (Phi) is 1.51. The van der Waals surface area contributed by atoms with E-state index >= 15 is 0 Å². The molecule has 1 aromatic heterocycles. The number of hydrogen-bond acceptors (Lipinski definition) is 3. The van der Waals surface area contributed by atoms with E-state index in [9.17, 15) is 0 Å². The molecule has 0 amide bonds. The summed E-state index contributed by atoms with van der Waals surface area (Å²) in [5.41, 5.74) is 1.61. The Morgan fingerprint density at radius 1 is 1.17 bits per heavy atom. The Morgan fingerprint density at radius 3 is 2.50 bits per heavy atom. The summed E-state index contributed by atoms with van der Waals surface area (Å²) in [5.74, 6) is 0. The van der Waals surface area contributed by atoms with Crippen molar-refractivity contribution >= 4 is 0 Å². The minimum atomic E-state index is 0.558. The Bertz CT molecular complexity index is 369. The molecule has 2 rings (SSSR count). The Morgan fingerprint density at radius 2 is 1.92 bits per heavy atom. The molecule has 0 fully saturated rings. The fraction of sp³-hybridized carbons (Fsp3) is 0. The highest BCUT2D eigenvalue weighted by atomic mass is 16.5. The highest BCUT2D eigenvalue weighted by molar-refractivity contribution is 5.56. The lowest BCUT2D eigenvalue weighted by molar-refractivity contribution is 0.111. The molecule has 4 heteroatoms. The lowest BCUT2D eigenvalue weighted by Crippen LogP contribution is -1.93. The van der Waals surface area contributed by atoms with Crippen molar-refractivity contribution in [3.8, 4) is 11.3 Å². The van der Waals surface area contributed by atoms with E-state index in [0.29, 0.717) is 10.7 Å². The quantitative estimate of drug-likeness (QED) is 0.639. The molecule has 0 saturated carbocycles. The van der Waals surface area contributed by atoms with Gasteiger partial charge in [0.2, 0.25) is 0 Å². The fourth-order valence-electron chi connectivity index (χ4n) is 0.996. The second-order valence-electron chi connectivity index (χ2n) is 2.36. The van der Waals surface area contributed by atoms with Crippen LogP contribution in [0.1, 0.15) is 0 Å². The average Bonchev–Trinajstić information content (AvgIpc) is 2.54. The molecule has 0 atom stereocenters. The molecule has 1 aromatic carbocycles. The zero-order chi connectivity index (χ0) is 8.39. The molecule has 0 aliphatic heterocycles. The first kappa shape index (κ1) is 6.84. The van der Waals surface area contributed by atoms with Crippen molar-refractivity contribution < 1.29 is 5.21 Å². The van der Waals surface area contributed by atoms with Crippen molar-refractivity contribution in [2.24, 2.45) is 0 Å². The molecular formula is C8H7N3O. The van der Waals surface area contributed by atoms with Gasteiger partial charge in [0.15, 0.2) is 0 Å². The van der Waals surface area contributed by atoms with Gasteiger partial charge in [0.1, 0.15) is 5.69 Å². The lowest BCUT2D eigenvalue weighted by Gasteiger charge is -1.91. The van der Waals surface area contributed by atoms with Gasteiger partial charge in [0.25, 0.3) is 0 Å². The maximum absolute atomic E-state index is 8.81. The molecule has 1 heterocycles. The van der Waals surface area contributed by atoms with Crippen LogP contribution >= 0.6 is 0 Å². The van der Waals surface area contributed by atoms with Crippen LogP contribution in [0.5, 0.6) is 0 Å². The number of aromatic nitrogens is 3. The van der Waals surface area contributed by atoms with Crippen LogP contribution in [-0.4, -0.2) is 20.4 Å². The summed E-state index contributed by atoms with van der Waals surface area (Å²) in [4.78, 5) is 0.558. The predicted molar refractivity (Wildman–Crippen MR) is 42.6 cm³/mol. The fourth-order valence-corrected chi connectivity index (χ4v) is 0.996. The topological polar surface area (TPSA) is 50.9 Å². The minimum Gasteiger partial charge on any atom is -0.396 e. The van der Waals surface area contributed by atoms with Crippen molar-refractivity contribution in [1.29, 1.82) is 0 Å². The summed E-state index contributed by atoms with van der Waals surface area (Å²) in [6, 6.07) is 9.55. The highest BCUT2D eigenvalue weighted by Crippen LogP contribution is 2.13. The van der Waals surface area contributed by atoms with E-state index in [2.05, 4.69) is 10.2 Å². The van der Waals surface area contributed by atoms with Gasteiger partial charge in [-0.3, -0.25) is 0 Å². The molecule has 0 aliphatic carbocycles. The highest BCUT2D eigenvalue weighted by Gasteiger charge is 2.00. The first-order chi connectivity index (χ1) is 5.86. The van der Waals surface area contributed by atoms with Gasteiger partial charge < -0.3 is 5.21 Å². The van der Waals surface area contributed by atoms with Gasteiger partial charge in [0, 0.05) is 5.56 Å². The van der Waals surface area contributed by atoms with Crippen LogP contribution in [0.15, 0.2) is 36.5 Å². The third kappa shape index (κ3) is 1.14. The molecular weight excluding hydrogens is 154 g/mol. The zero-order valence-electron chi connectivity index (χ0n) is 6.25. The monoisotopic (exact) mass is 161 g/mol. The van der Waals surface area contributed by atoms with E-state index in [0.717, 1.165) is 5.56 Å². The molecule has 0 bridgehead atoms.